The number of carbonyl (C=O) groups excluding carboxylic acids is 2. The first-order valence-electron chi connectivity index (χ1n) is 12.5. The van der Waals surface area contributed by atoms with E-state index in [0.717, 1.165) is 47.2 Å². The van der Waals surface area contributed by atoms with E-state index in [-0.39, 0.29) is 24.3 Å². The van der Waals surface area contributed by atoms with Gasteiger partial charge in [-0.25, -0.2) is 0 Å². The second-order valence-electron chi connectivity index (χ2n) is 8.66. The zero-order valence-corrected chi connectivity index (χ0v) is 22.3. The van der Waals surface area contributed by atoms with Gasteiger partial charge < -0.3 is 14.4 Å². The highest BCUT2D eigenvalue weighted by Crippen LogP contribution is 2.35. The van der Waals surface area contributed by atoms with Gasteiger partial charge in [0, 0.05) is 30.4 Å². The maximum atomic E-state index is 13.1. The largest absolute Gasteiger partial charge is 0.492 e. The third-order valence-electron chi connectivity index (χ3n) is 6.13. The molecule has 1 heterocycles. The molecule has 4 rings (SSSR count). The average molecular weight is 517 g/mol. The van der Waals surface area contributed by atoms with Gasteiger partial charge in [-0.2, -0.15) is 0 Å². The lowest BCUT2D eigenvalue weighted by Crippen LogP contribution is -2.32. The summed E-state index contributed by atoms with van der Waals surface area (Å²) >= 11 is 0.945. The van der Waals surface area contributed by atoms with Crippen molar-refractivity contribution in [1.29, 1.82) is 0 Å². The van der Waals surface area contributed by atoms with E-state index in [4.69, 9.17) is 9.47 Å². The van der Waals surface area contributed by atoms with Crippen LogP contribution >= 0.6 is 11.8 Å². The number of hydrogen-bond acceptors (Lipinski definition) is 6. The van der Waals surface area contributed by atoms with Crippen LogP contribution in [0.4, 0.5) is 10.5 Å². The first-order chi connectivity index (χ1) is 18.0. The molecule has 3 aromatic rings. The molecule has 0 aromatic heterocycles. The highest BCUT2D eigenvalue weighted by atomic mass is 32.2. The van der Waals surface area contributed by atoms with Crippen LogP contribution in [0, 0.1) is 6.92 Å². The van der Waals surface area contributed by atoms with Crippen molar-refractivity contribution in [3.8, 4) is 11.5 Å². The van der Waals surface area contributed by atoms with Gasteiger partial charge in [0.1, 0.15) is 24.7 Å². The normalized spacial score (nSPS) is 14.4. The van der Waals surface area contributed by atoms with Gasteiger partial charge >= 0.3 is 0 Å². The molecule has 0 N–H and O–H groups in total. The van der Waals surface area contributed by atoms with Crippen LogP contribution in [-0.2, 0) is 11.4 Å². The molecule has 37 heavy (non-hydrogen) atoms. The molecule has 192 valence electrons. The summed E-state index contributed by atoms with van der Waals surface area (Å²) in [6.07, 6.45) is 1.75. The topological polar surface area (TPSA) is 59.1 Å². The first-order valence-corrected chi connectivity index (χ1v) is 13.3. The Morgan fingerprint density at radius 2 is 1.65 bits per heavy atom. The number of hydrogen-bond donors (Lipinski definition) is 0. The predicted molar refractivity (Wildman–Crippen MR) is 150 cm³/mol. The Kier molecular flexibility index (Phi) is 8.90. The third kappa shape index (κ3) is 6.74. The monoisotopic (exact) mass is 516 g/mol. The SMILES string of the molecule is CCN(CC)c1ccc(/C=C2\SC(=O)N(CCOc3ccc(C)cc3)C2=O)c(OCc2ccccc2)c1. The summed E-state index contributed by atoms with van der Waals surface area (Å²) in [4.78, 5) is 29.5. The molecule has 1 fully saturated rings. The van der Waals surface area contributed by atoms with Crippen molar-refractivity contribution in [2.75, 3.05) is 31.1 Å². The maximum absolute atomic E-state index is 13.1. The first kappa shape index (κ1) is 26.4. The lowest BCUT2D eigenvalue weighted by molar-refractivity contribution is -0.123. The highest BCUT2D eigenvalue weighted by molar-refractivity contribution is 8.18. The standard InChI is InChI=1S/C30H32N2O4S/c1-4-31(5-2)25-14-13-24(27(20-25)36-21-23-9-7-6-8-10-23)19-28-29(33)32(30(34)37-28)17-18-35-26-15-11-22(3)12-16-26/h6-16,19-20H,4-5,17-18,21H2,1-3H3/b28-19-. The molecule has 2 amide bonds. The Bertz CT molecular complexity index is 1250. The summed E-state index contributed by atoms with van der Waals surface area (Å²) < 4.78 is 11.9. The summed E-state index contributed by atoms with van der Waals surface area (Å²) in [6.45, 7) is 8.80. The number of amides is 2. The van der Waals surface area contributed by atoms with Crippen molar-refractivity contribution in [1.82, 2.24) is 4.90 Å². The Hall–Kier alpha value is -3.71. The van der Waals surface area contributed by atoms with Crippen LogP contribution in [-0.4, -0.2) is 42.3 Å². The van der Waals surface area contributed by atoms with E-state index >= 15 is 0 Å². The van der Waals surface area contributed by atoms with Crippen LogP contribution in [0.15, 0.2) is 77.7 Å². The molecular formula is C30H32N2O4S. The number of thioether (sulfide) groups is 1. The van der Waals surface area contributed by atoms with E-state index in [2.05, 4.69) is 18.7 Å². The van der Waals surface area contributed by atoms with Crippen molar-refractivity contribution >= 4 is 34.7 Å². The van der Waals surface area contributed by atoms with E-state index in [1.807, 2.05) is 79.7 Å². The summed E-state index contributed by atoms with van der Waals surface area (Å²) in [7, 11) is 0. The molecule has 0 saturated carbocycles. The van der Waals surface area contributed by atoms with Crippen LogP contribution in [0.3, 0.4) is 0 Å². The van der Waals surface area contributed by atoms with Crippen LogP contribution < -0.4 is 14.4 Å². The molecule has 3 aromatic carbocycles. The highest BCUT2D eigenvalue weighted by Gasteiger charge is 2.35. The van der Waals surface area contributed by atoms with E-state index in [0.29, 0.717) is 23.0 Å². The van der Waals surface area contributed by atoms with Crippen molar-refractivity contribution in [2.45, 2.75) is 27.4 Å². The number of ether oxygens (including phenoxy) is 2. The fourth-order valence-electron chi connectivity index (χ4n) is 4.01. The summed E-state index contributed by atoms with van der Waals surface area (Å²) in [6, 6.07) is 23.6. The van der Waals surface area contributed by atoms with Crippen molar-refractivity contribution in [2.24, 2.45) is 0 Å². The third-order valence-corrected chi connectivity index (χ3v) is 7.04. The van der Waals surface area contributed by atoms with Crippen LogP contribution in [0.25, 0.3) is 6.08 Å². The lowest BCUT2D eigenvalue weighted by Gasteiger charge is -2.22. The van der Waals surface area contributed by atoms with E-state index in [1.54, 1.807) is 6.08 Å². The maximum Gasteiger partial charge on any atom is 0.293 e. The number of nitrogens with zero attached hydrogens (tertiary/aromatic N) is 2. The molecule has 0 bridgehead atoms. The second kappa shape index (κ2) is 12.5. The Balaban J connectivity index is 1.50. The molecular weight excluding hydrogens is 484 g/mol. The molecule has 0 atom stereocenters. The number of carbonyl (C=O) groups is 2. The Labute approximate surface area is 222 Å². The number of benzene rings is 3. The molecule has 7 heteroatoms. The van der Waals surface area contributed by atoms with Gasteiger partial charge in [0.05, 0.1) is 11.4 Å². The van der Waals surface area contributed by atoms with Crippen LogP contribution in [0.2, 0.25) is 0 Å². The number of rotatable bonds is 11. The van der Waals surface area contributed by atoms with Gasteiger partial charge in [-0.1, -0.05) is 48.0 Å². The molecule has 0 spiro atoms. The fourth-order valence-corrected chi connectivity index (χ4v) is 4.87. The van der Waals surface area contributed by atoms with Crippen LogP contribution in [0.5, 0.6) is 11.5 Å². The van der Waals surface area contributed by atoms with Gasteiger partial charge in [-0.3, -0.25) is 14.5 Å². The van der Waals surface area contributed by atoms with Crippen molar-refractivity contribution in [3.63, 3.8) is 0 Å². The molecule has 0 radical (unpaired) electrons. The number of aryl methyl sites for hydroxylation is 1. The molecule has 1 aliphatic rings. The van der Waals surface area contributed by atoms with Gasteiger partial charge in [0.15, 0.2) is 0 Å². The molecule has 0 unspecified atom stereocenters. The fraction of sp³-hybridized carbons (Fsp3) is 0.267. The van der Waals surface area contributed by atoms with E-state index in [1.165, 1.54) is 4.90 Å². The number of anilines is 1. The van der Waals surface area contributed by atoms with Crippen molar-refractivity contribution < 1.29 is 19.1 Å². The zero-order chi connectivity index (χ0) is 26.2. The van der Waals surface area contributed by atoms with Crippen molar-refractivity contribution in [3.05, 3.63) is 94.4 Å². The smallest absolute Gasteiger partial charge is 0.293 e. The Morgan fingerprint density at radius 3 is 2.35 bits per heavy atom. The summed E-state index contributed by atoms with van der Waals surface area (Å²) in [5.74, 6) is 1.06. The van der Waals surface area contributed by atoms with Gasteiger partial charge in [-0.15, -0.1) is 0 Å². The minimum Gasteiger partial charge on any atom is -0.492 e. The lowest BCUT2D eigenvalue weighted by atomic mass is 10.1. The zero-order valence-electron chi connectivity index (χ0n) is 21.5. The second-order valence-corrected chi connectivity index (χ2v) is 9.66. The minimum atomic E-state index is -0.315. The molecule has 1 saturated heterocycles. The quantitative estimate of drug-likeness (QED) is 0.270. The Morgan fingerprint density at radius 1 is 0.919 bits per heavy atom. The summed E-state index contributed by atoms with van der Waals surface area (Å²) in [5, 5.41) is -0.296. The van der Waals surface area contributed by atoms with E-state index < -0.39 is 0 Å². The van der Waals surface area contributed by atoms with Gasteiger partial charge in [0.25, 0.3) is 11.1 Å². The number of imide groups is 1. The van der Waals surface area contributed by atoms with Crippen LogP contribution in [0.1, 0.15) is 30.5 Å². The van der Waals surface area contributed by atoms with Gasteiger partial charge in [-0.05, 0) is 68.4 Å². The summed E-state index contributed by atoms with van der Waals surface area (Å²) in [5.41, 5.74) is 4.00. The molecule has 1 aliphatic heterocycles. The molecule has 0 aliphatic carbocycles. The minimum absolute atomic E-state index is 0.189. The van der Waals surface area contributed by atoms with Gasteiger partial charge in [0.2, 0.25) is 0 Å². The molecule has 6 nitrogen and oxygen atoms in total. The van der Waals surface area contributed by atoms with E-state index in [9.17, 15) is 9.59 Å². The average Bonchev–Trinajstić information content (AvgIpc) is 3.18. The predicted octanol–water partition coefficient (Wildman–Crippen LogP) is 6.54.